The van der Waals surface area contributed by atoms with Crippen LogP contribution in [0.1, 0.15) is 104 Å². The Morgan fingerprint density at radius 3 is 1.11 bits per heavy atom. The van der Waals surface area contributed by atoms with E-state index in [1.165, 1.54) is 89.9 Å². The summed E-state index contributed by atoms with van der Waals surface area (Å²) in [5, 5.41) is 3.10. The molecule has 0 amide bonds. The maximum absolute atomic E-state index is 2.30. The topological polar surface area (TPSA) is 0 Å². The van der Waals surface area contributed by atoms with Gasteiger partial charge in [-0.1, -0.05) is 0 Å². The van der Waals surface area contributed by atoms with E-state index in [0.29, 0.717) is 0 Å². The fourth-order valence-electron chi connectivity index (χ4n) is 2.42. The Hall–Kier alpha value is 0.519. The zero-order chi connectivity index (χ0) is 14.0. The van der Waals surface area contributed by atoms with Crippen molar-refractivity contribution in [2.75, 3.05) is 0 Å². The first-order valence-electron chi connectivity index (χ1n) is 8.99. The van der Waals surface area contributed by atoms with Crippen molar-refractivity contribution >= 4 is 15.0 Å². The van der Waals surface area contributed by atoms with E-state index in [1.807, 2.05) is 0 Å². The van der Waals surface area contributed by atoms with Crippen LogP contribution in [0.4, 0.5) is 0 Å². The standard InChI is InChI=1S/C18H38Se/c1-3-5-7-9-11-13-15-17-19-18-16-14-12-10-8-6-4-2/h3-18H2,1-2H3. The third kappa shape index (κ3) is 18.5. The van der Waals surface area contributed by atoms with Crippen molar-refractivity contribution in [2.45, 2.75) is 114 Å². The van der Waals surface area contributed by atoms with Crippen molar-refractivity contribution in [3.05, 3.63) is 0 Å². The van der Waals surface area contributed by atoms with Crippen molar-refractivity contribution < 1.29 is 0 Å². The number of hydrogen-bond donors (Lipinski definition) is 0. The zero-order valence-electron chi connectivity index (χ0n) is 13.7. The van der Waals surface area contributed by atoms with Crippen molar-refractivity contribution in [1.29, 1.82) is 0 Å². The van der Waals surface area contributed by atoms with Gasteiger partial charge in [-0.05, 0) is 0 Å². The normalized spacial score (nSPS) is 11.1. The van der Waals surface area contributed by atoms with Gasteiger partial charge in [-0.25, -0.2) is 0 Å². The van der Waals surface area contributed by atoms with E-state index in [1.54, 1.807) is 10.6 Å². The summed E-state index contributed by atoms with van der Waals surface area (Å²) in [6.07, 6.45) is 20.6. The minimum atomic E-state index is 0.965. The summed E-state index contributed by atoms with van der Waals surface area (Å²) in [5.74, 6) is 0. The van der Waals surface area contributed by atoms with Crippen molar-refractivity contribution in [3.63, 3.8) is 0 Å². The molecule has 0 radical (unpaired) electrons. The molecule has 0 aliphatic heterocycles. The average molecular weight is 333 g/mol. The number of unbranched alkanes of at least 4 members (excludes halogenated alkanes) is 12. The van der Waals surface area contributed by atoms with Crippen molar-refractivity contribution in [3.8, 4) is 0 Å². The Labute approximate surface area is 129 Å². The molecule has 0 N–H and O–H groups in total. The molecule has 0 aromatic heterocycles. The molecule has 0 aromatic carbocycles. The van der Waals surface area contributed by atoms with Gasteiger partial charge in [-0.15, -0.1) is 0 Å². The first-order valence-corrected chi connectivity index (χ1v) is 11.4. The molecule has 0 atom stereocenters. The molecule has 0 saturated heterocycles. The van der Waals surface area contributed by atoms with Crippen LogP contribution in [0.3, 0.4) is 0 Å². The average Bonchev–Trinajstić information content (AvgIpc) is 2.43. The molecule has 0 aromatic rings. The summed E-state index contributed by atoms with van der Waals surface area (Å²) < 4.78 is 0. The summed E-state index contributed by atoms with van der Waals surface area (Å²) >= 11 is 0.965. The second-order valence-corrected chi connectivity index (χ2v) is 8.42. The van der Waals surface area contributed by atoms with E-state index in [0.717, 1.165) is 15.0 Å². The summed E-state index contributed by atoms with van der Waals surface area (Å²) in [4.78, 5) is 0. The third-order valence-corrected chi connectivity index (χ3v) is 6.21. The van der Waals surface area contributed by atoms with Crippen molar-refractivity contribution in [2.24, 2.45) is 0 Å². The SMILES string of the molecule is CCCCCCCCC[Se]CCCCCCCCC. The van der Waals surface area contributed by atoms with Gasteiger partial charge < -0.3 is 0 Å². The predicted molar refractivity (Wildman–Crippen MR) is 91.4 cm³/mol. The molecular formula is C18H38Se. The van der Waals surface area contributed by atoms with Crippen LogP contribution in [0, 0.1) is 0 Å². The Balaban J connectivity index is 2.88. The number of hydrogen-bond acceptors (Lipinski definition) is 0. The molecular weight excluding hydrogens is 295 g/mol. The molecule has 0 aliphatic carbocycles. The summed E-state index contributed by atoms with van der Waals surface area (Å²) in [7, 11) is 0. The van der Waals surface area contributed by atoms with Crippen LogP contribution in [-0.2, 0) is 0 Å². The van der Waals surface area contributed by atoms with Gasteiger partial charge in [0, 0.05) is 0 Å². The van der Waals surface area contributed by atoms with Crippen LogP contribution in [0.5, 0.6) is 0 Å². The van der Waals surface area contributed by atoms with Crippen LogP contribution in [-0.4, -0.2) is 15.0 Å². The molecule has 0 nitrogen and oxygen atoms in total. The summed E-state index contributed by atoms with van der Waals surface area (Å²) in [6.45, 7) is 4.60. The Morgan fingerprint density at radius 1 is 0.421 bits per heavy atom. The molecule has 116 valence electrons. The van der Waals surface area contributed by atoms with E-state index in [2.05, 4.69) is 13.8 Å². The first-order chi connectivity index (χ1) is 9.41. The molecule has 0 saturated carbocycles. The summed E-state index contributed by atoms with van der Waals surface area (Å²) in [5.41, 5.74) is 0. The van der Waals surface area contributed by atoms with Gasteiger partial charge >= 0.3 is 129 Å². The molecule has 0 unspecified atom stereocenters. The maximum atomic E-state index is 2.30. The molecule has 0 heterocycles. The second kappa shape index (κ2) is 18.5. The third-order valence-electron chi connectivity index (χ3n) is 3.78. The van der Waals surface area contributed by atoms with Crippen LogP contribution >= 0.6 is 0 Å². The van der Waals surface area contributed by atoms with Gasteiger partial charge in [0.2, 0.25) is 0 Å². The predicted octanol–water partition coefficient (Wildman–Crippen LogP) is 7.03. The monoisotopic (exact) mass is 334 g/mol. The molecule has 1 heteroatoms. The van der Waals surface area contributed by atoms with E-state index in [9.17, 15) is 0 Å². The fourth-order valence-corrected chi connectivity index (χ4v) is 4.57. The molecule has 0 aliphatic rings. The van der Waals surface area contributed by atoms with Gasteiger partial charge in [0.25, 0.3) is 0 Å². The molecule has 0 fully saturated rings. The van der Waals surface area contributed by atoms with Gasteiger partial charge in [-0.3, -0.25) is 0 Å². The Bertz CT molecular complexity index is 129. The summed E-state index contributed by atoms with van der Waals surface area (Å²) in [6, 6.07) is 0. The van der Waals surface area contributed by atoms with Crippen molar-refractivity contribution in [1.82, 2.24) is 0 Å². The Morgan fingerprint density at radius 2 is 0.737 bits per heavy atom. The van der Waals surface area contributed by atoms with E-state index in [-0.39, 0.29) is 0 Å². The van der Waals surface area contributed by atoms with Gasteiger partial charge in [0.05, 0.1) is 0 Å². The quantitative estimate of drug-likeness (QED) is 0.210. The van der Waals surface area contributed by atoms with Gasteiger partial charge in [0.1, 0.15) is 0 Å². The molecule has 0 bridgehead atoms. The number of rotatable bonds is 16. The van der Waals surface area contributed by atoms with Gasteiger partial charge in [0.15, 0.2) is 0 Å². The van der Waals surface area contributed by atoms with Crippen LogP contribution < -0.4 is 0 Å². The van der Waals surface area contributed by atoms with Crippen LogP contribution in [0.2, 0.25) is 10.6 Å². The van der Waals surface area contributed by atoms with Gasteiger partial charge in [-0.2, -0.15) is 0 Å². The molecule has 0 spiro atoms. The Kier molecular flexibility index (Phi) is 19.0. The molecule has 19 heavy (non-hydrogen) atoms. The fraction of sp³-hybridized carbons (Fsp3) is 1.00. The van der Waals surface area contributed by atoms with E-state index < -0.39 is 0 Å². The van der Waals surface area contributed by atoms with E-state index in [4.69, 9.17) is 0 Å². The minimum absolute atomic E-state index is 0.965. The van der Waals surface area contributed by atoms with Crippen LogP contribution in [0.25, 0.3) is 0 Å². The zero-order valence-corrected chi connectivity index (χ0v) is 15.4. The van der Waals surface area contributed by atoms with E-state index >= 15 is 0 Å². The molecule has 0 rings (SSSR count). The second-order valence-electron chi connectivity index (χ2n) is 5.86. The van der Waals surface area contributed by atoms with Crippen LogP contribution in [0.15, 0.2) is 0 Å². The first kappa shape index (κ1) is 19.5.